The molecule has 5 heteroatoms. The van der Waals surface area contributed by atoms with Gasteiger partial charge in [0.05, 0.1) is 6.20 Å². The van der Waals surface area contributed by atoms with Gasteiger partial charge in [-0.2, -0.15) is 0 Å². The molecule has 2 heterocycles. The molecule has 0 aliphatic carbocycles. The Bertz CT molecular complexity index is 898. The molecule has 3 rings (SSSR count). The molecule has 1 N–H and O–H groups in total. The van der Waals surface area contributed by atoms with E-state index in [2.05, 4.69) is 10.3 Å². The molecule has 0 bridgehead atoms. The lowest BCUT2D eigenvalue weighted by Gasteiger charge is -2.10. The first-order valence-corrected chi connectivity index (χ1v) is 7.84. The fraction of sp³-hybridized carbons (Fsp3) is 0.100. The van der Waals surface area contributed by atoms with Gasteiger partial charge in [0.1, 0.15) is 23.0 Å². The third-order valence-electron chi connectivity index (χ3n) is 3.46. The van der Waals surface area contributed by atoms with Crippen LogP contribution >= 0.6 is 0 Å². The highest BCUT2D eigenvalue weighted by Gasteiger charge is 2.05. The Kier molecular flexibility index (Phi) is 4.95. The molecule has 0 saturated heterocycles. The van der Waals surface area contributed by atoms with Crippen LogP contribution in [-0.2, 0) is 4.79 Å². The molecule has 0 fully saturated rings. The zero-order valence-electron chi connectivity index (χ0n) is 14.0. The standard InChI is InChI=1S/C20H18N2O3/c1-14-12-16(6-9-19(14)25-18-4-3-11-21-13-18)22-20(23)10-8-17-7-5-15(2)24-17/h3-13H,1-2H3,(H,22,23). The van der Waals surface area contributed by atoms with E-state index in [9.17, 15) is 4.79 Å². The Hall–Kier alpha value is -3.34. The zero-order valence-corrected chi connectivity index (χ0v) is 14.0. The molecule has 3 aromatic rings. The second-order valence-corrected chi connectivity index (χ2v) is 5.54. The van der Waals surface area contributed by atoms with Gasteiger partial charge in [0, 0.05) is 18.0 Å². The van der Waals surface area contributed by atoms with Crippen molar-refractivity contribution in [3.8, 4) is 11.5 Å². The second kappa shape index (κ2) is 7.49. The number of aryl methyl sites for hydroxylation is 2. The summed E-state index contributed by atoms with van der Waals surface area (Å²) < 4.78 is 11.2. The Morgan fingerprint density at radius 3 is 2.76 bits per heavy atom. The molecule has 5 nitrogen and oxygen atoms in total. The summed E-state index contributed by atoms with van der Waals surface area (Å²) in [4.78, 5) is 16.0. The summed E-state index contributed by atoms with van der Waals surface area (Å²) in [7, 11) is 0. The second-order valence-electron chi connectivity index (χ2n) is 5.54. The van der Waals surface area contributed by atoms with Crippen LogP contribution in [-0.4, -0.2) is 10.9 Å². The molecule has 0 aliphatic heterocycles. The molecule has 0 aliphatic rings. The highest BCUT2D eigenvalue weighted by molar-refractivity contribution is 6.01. The van der Waals surface area contributed by atoms with E-state index in [0.29, 0.717) is 22.9 Å². The average Bonchev–Trinajstić information content (AvgIpc) is 3.02. The molecular formula is C20H18N2O3. The summed E-state index contributed by atoms with van der Waals surface area (Å²) in [5, 5.41) is 2.82. The molecule has 2 aromatic heterocycles. The number of benzene rings is 1. The minimum Gasteiger partial charge on any atom is -0.462 e. The van der Waals surface area contributed by atoms with E-state index in [4.69, 9.17) is 9.15 Å². The first-order valence-electron chi connectivity index (χ1n) is 7.84. The normalized spacial score (nSPS) is 10.8. The number of rotatable bonds is 5. The van der Waals surface area contributed by atoms with E-state index in [1.54, 1.807) is 24.5 Å². The predicted octanol–water partition coefficient (Wildman–Crippen LogP) is 4.74. The molecule has 126 valence electrons. The van der Waals surface area contributed by atoms with Gasteiger partial charge < -0.3 is 14.5 Å². The first kappa shape index (κ1) is 16.5. The number of nitrogens with one attached hydrogen (secondary N) is 1. The summed E-state index contributed by atoms with van der Waals surface area (Å²) >= 11 is 0. The smallest absolute Gasteiger partial charge is 0.248 e. The SMILES string of the molecule is Cc1ccc(C=CC(=O)Nc2ccc(Oc3cccnc3)c(C)c2)o1. The first-order chi connectivity index (χ1) is 12.1. The highest BCUT2D eigenvalue weighted by Crippen LogP contribution is 2.26. The molecule has 0 spiro atoms. The monoisotopic (exact) mass is 334 g/mol. The van der Waals surface area contributed by atoms with Gasteiger partial charge in [0.25, 0.3) is 0 Å². The Morgan fingerprint density at radius 1 is 1.20 bits per heavy atom. The van der Waals surface area contributed by atoms with E-state index >= 15 is 0 Å². The molecule has 0 unspecified atom stereocenters. The van der Waals surface area contributed by atoms with Crippen molar-refractivity contribution < 1.29 is 13.9 Å². The lowest BCUT2D eigenvalue weighted by atomic mass is 10.2. The summed E-state index contributed by atoms with van der Waals surface area (Å²) in [5.41, 5.74) is 1.61. The van der Waals surface area contributed by atoms with Crippen molar-refractivity contribution in [3.05, 3.63) is 78.0 Å². The Balaban J connectivity index is 1.64. The van der Waals surface area contributed by atoms with Gasteiger partial charge in [-0.1, -0.05) is 0 Å². The maximum absolute atomic E-state index is 12.0. The van der Waals surface area contributed by atoms with Crippen LogP contribution in [0.4, 0.5) is 5.69 Å². The summed E-state index contributed by atoms with van der Waals surface area (Å²) in [5.74, 6) is 2.60. The number of carbonyl (C=O) groups excluding carboxylic acids is 1. The lowest BCUT2D eigenvalue weighted by molar-refractivity contribution is -0.111. The van der Waals surface area contributed by atoms with Crippen molar-refractivity contribution in [2.24, 2.45) is 0 Å². The van der Waals surface area contributed by atoms with Crippen molar-refractivity contribution in [2.75, 3.05) is 5.32 Å². The van der Waals surface area contributed by atoms with Crippen LogP contribution in [0.25, 0.3) is 6.08 Å². The minimum atomic E-state index is -0.227. The van der Waals surface area contributed by atoms with Crippen LogP contribution in [0.15, 0.2) is 65.4 Å². The third kappa shape index (κ3) is 4.57. The third-order valence-corrected chi connectivity index (χ3v) is 3.46. The molecular weight excluding hydrogens is 316 g/mol. The fourth-order valence-electron chi connectivity index (χ4n) is 2.26. The van der Waals surface area contributed by atoms with E-state index in [1.807, 2.05) is 50.2 Å². The predicted molar refractivity (Wildman–Crippen MR) is 96.6 cm³/mol. The number of aromatic nitrogens is 1. The van der Waals surface area contributed by atoms with Gasteiger partial charge >= 0.3 is 0 Å². The number of ether oxygens (including phenoxy) is 1. The minimum absolute atomic E-state index is 0.227. The molecule has 0 radical (unpaired) electrons. The maximum atomic E-state index is 12.0. The number of nitrogens with zero attached hydrogens (tertiary/aromatic N) is 1. The van der Waals surface area contributed by atoms with Gasteiger partial charge in [-0.15, -0.1) is 0 Å². The highest BCUT2D eigenvalue weighted by atomic mass is 16.5. The summed E-state index contributed by atoms with van der Waals surface area (Å²) in [6.45, 7) is 3.78. The average molecular weight is 334 g/mol. The van der Waals surface area contributed by atoms with Crippen LogP contribution in [0.1, 0.15) is 17.1 Å². The van der Waals surface area contributed by atoms with Crippen molar-refractivity contribution in [3.63, 3.8) is 0 Å². The maximum Gasteiger partial charge on any atom is 0.248 e. The quantitative estimate of drug-likeness (QED) is 0.685. The summed E-state index contributed by atoms with van der Waals surface area (Å²) in [6, 6.07) is 12.8. The van der Waals surface area contributed by atoms with Gasteiger partial charge in [0.15, 0.2) is 0 Å². The Morgan fingerprint density at radius 2 is 2.08 bits per heavy atom. The number of furan rings is 1. The van der Waals surface area contributed by atoms with Gasteiger partial charge in [0.2, 0.25) is 5.91 Å². The van der Waals surface area contributed by atoms with Gasteiger partial charge in [-0.05, 0) is 68.0 Å². The van der Waals surface area contributed by atoms with E-state index in [0.717, 1.165) is 11.3 Å². The van der Waals surface area contributed by atoms with E-state index < -0.39 is 0 Å². The number of hydrogen-bond donors (Lipinski definition) is 1. The van der Waals surface area contributed by atoms with Crippen LogP contribution in [0, 0.1) is 13.8 Å². The summed E-state index contributed by atoms with van der Waals surface area (Å²) in [6.07, 6.45) is 6.41. The van der Waals surface area contributed by atoms with Crippen LogP contribution in [0.3, 0.4) is 0 Å². The van der Waals surface area contributed by atoms with Crippen LogP contribution < -0.4 is 10.1 Å². The molecule has 0 saturated carbocycles. The largest absolute Gasteiger partial charge is 0.462 e. The lowest BCUT2D eigenvalue weighted by Crippen LogP contribution is -2.07. The van der Waals surface area contributed by atoms with Crippen molar-refractivity contribution in [1.82, 2.24) is 4.98 Å². The number of carbonyl (C=O) groups is 1. The zero-order chi connectivity index (χ0) is 17.6. The number of hydrogen-bond acceptors (Lipinski definition) is 4. The topological polar surface area (TPSA) is 64.4 Å². The molecule has 1 amide bonds. The fourth-order valence-corrected chi connectivity index (χ4v) is 2.26. The van der Waals surface area contributed by atoms with E-state index in [1.165, 1.54) is 6.08 Å². The van der Waals surface area contributed by atoms with Gasteiger partial charge in [-0.3, -0.25) is 9.78 Å². The number of anilines is 1. The van der Waals surface area contributed by atoms with E-state index in [-0.39, 0.29) is 5.91 Å². The number of amides is 1. The molecule has 1 aromatic carbocycles. The van der Waals surface area contributed by atoms with Crippen LogP contribution in [0.5, 0.6) is 11.5 Å². The van der Waals surface area contributed by atoms with Crippen molar-refractivity contribution in [2.45, 2.75) is 13.8 Å². The van der Waals surface area contributed by atoms with Crippen molar-refractivity contribution >= 4 is 17.7 Å². The van der Waals surface area contributed by atoms with Crippen LogP contribution in [0.2, 0.25) is 0 Å². The van der Waals surface area contributed by atoms with Crippen molar-refractivity contribution in [1.29, 1.82) is 0 Å². The Labute approximate surface area is 146 Å². The molecule has 0 atom stereocenters. The van der Waals surface area contributed by atoms with Gasteiger partial charge in [-0.25, -0.2) is 0 Å². The molecule has 25 heavy (non-hydrogen) atoms. The number of pyridine rings is 1.